The van der Waals surface area contributed by atoms with E-state index in [0.717, 1.165) is 12.8 Å². The molecule has 0 bridgehead atoms. The summed E-state index contributed by atoms with van der Waals surface area (Å²) in [7, 11) is 0. The Morgan fingerprint density at radius 1 is 1.33 bits per heavy atom. The molecule has 2 rings (SSSR count). The van der Waals surface area contributed by atoms with E-state index >= 15 is 0 Å². The average molecular weight is 245 g/mol. The smallest absolute Gasteiger partial charge is 0.358 e. The zero-order valence-corrected chi connectivity index (χ0v) is 10.2. The number of aromatic nitrogens is 3. The number of aromatic carboxylic acids is 1. The minimum Gasteiger partial charge on any atom is -0.476 e. The SMILES string of the molecule is Cc1c(C(=O)O)nnn1CCCc1ccccc1. The summed E-state index contributed by atoms with van der Waals surface area (Å²) in [4.78, 5) is 10.8. The van der Waals surface area contributed by atoms with Gasteiger partial charge in [0.15, 0.2) is 5.69 Å². The summed E-state index contributed by atoms with van der Waals surface area (Å²) in [5.41, 5.74) is 1.92. The molecular formula is C13H15N3O2. The Balaban J connectivity index is 1.93. The van der Waals surface area contributed by atoms with Gasteiger partial charge in [-0.15, -0.1) is 5.10 Å². The molecule has 0 radical (unpaired) electrons. The van der Waals surface area contributed by atoms with Crippen molar-refractivity contribution in [2.24, 2.45) is 0 Å². The van der Waals surface area contributed by atoms with Crippen LogP contribution in [0.2, 0.25) is 0 Å². The highest BCUT2D eigenvalue weighted by atomic mass is 16.4. The fourth-order valence-corrected chi connectivity index (χ4v) is 1.85. The third-order valence-corrected chi connectivity index (χ3v) is 2.86. The van der Waals surface area contributed by atoms with Crippen LogP contribution in [0.15, 0.2) is 30.3 Å². The van der Waals surface area contributed by atoms with Crippen molar-refractivity contribution in [1.29, 1.82) is 0 Å². The van der Waals surface area contributed by atoms with Gasteiger partial charge >= 0.3 is 5.97 Å². The maximum atomic E-state index is 10.8. The number of aryl methyl sites for hydroxylation is 2. The zero-order valence-electron chi connectivity index (χ0n) is 10.2. The monoisotopic (exact) mass is 245 g/mol. The van der Waals surface area contributed by atoms with E-state index in [2.05, 4.69) is 22.4 Å². The second kappa shape index (κ2) is 5.44. The molecule has 0 aliphatic rings. The lowest BCUT2D eigenvalue weighted by atomic mass is 10.1. The van der Waals surface area contributed by atoms with Crippen molar-refractivity contribution in [1.82, 2.24) is 15.0 Å². The molecule has 1 heterocycles. The molecule has 1 N–H and O–H groups in total. The molecule has 0 saturated carbocycles. The van der Waals surface area contributed by atoms with Gasteiger partial charge in [-0.3, -0.25) is 0 Å². The third kappa shape index (κ3) is 2.74. The first-order valence-corrected chi connectivity index (χ1v) is 5.86. The molecular weight excluding hydrogens is 230 g/mol. The highest BCUT2D eigenvalue weighted by Gasteiger charge is 2.14. The number of benzene rings is 1. The van der Waals surface area contributed by atoms with Crippen LogP contribution < -0.4 is 0 Å². The van der Waals surface area contributed by atoms with E-state index in [9.17, 15) is 4.79 Å². The maximum absolute atomic E-state index is 10.8. The van der Waals surface area contributed by atoms with E-state index in [1.54, 1.807) is 11.6 Å². The fourth-order valence-electron chi connectivity index (χ4n) is 1.85. The fraction of sp³-hybridized carbons (Fsp3) is 0.308. The average Bonchev–Trinajstić information content (AvgIpc) is 2.73. The molecule has 5 heteroatoms. The van der Waals surface area contributed by atoms with Crippen LogP contribution in [0.3, 0.4) is 0 Å². The lowest BCUT2D eigenvalue weighted by Gasteiger charge is -2.03. The number of nitrogens with zero attached hydrogens (tertiary/aromatic N) is 3. The largest absolute Gasteiger partial charge is 0.476 e. The molecule has 0 aliphatic heterocycles. The highest BCUT2D eigenvalue weighted by Crippen LogP contribution is 2.07. The molecule has 0 amide bonds. The topological polar surface area (TPSA) is 68.0 Å². The Morgan fingerprint density at radius 2 is 2.06 bits per heavy atom. The van der Waals surface area contributed by atoms with Crippen molar-refractivity contribution >= 4 is 5.97 Å². The third-order valence-electron chi connectivity index (χ3n) is 2.86. The van der Waals surface area contributed by atoms with Gasteiger partial charge < -0.3 is 5.11 Å². The summed E-state index contributed by atoms with van der Waals surface area (Å²) in [5, 5.41) is 16.4. The van der Waals surface area contributed by atoms with Gasteiger partial charge in [-0.1, -0.05) is 35.5 Å². The van der Waals surface area contributed by atoms with Gasteiger partial charge in [0.1, 0.15) is 0 Å². The van der Waals surface area contributed by atoms with Gasteiger partial charge in [-0.25, -0.2) is 9.48 Å². The first kappa shape index (κ1) is 12.3. The van der Waals surface area contributed by atoms with Gasteiger partial charge in [0, 0.05) is 6.54 Å². The van der Waals surface area contributed by atoms with E-state index in [1.807, 2.05) is 18.2 Å². The first-order valence-electron chi connectivity index (χ1n) is 5.86. The Kier molecular flexibility index (Phi) is 3.72. The molecule has 0 atom stereocenters. The molecule has 1 aromatic heterocycles. The van der Waals surface area contributed by atoms with E-state index in [4.69, 9.17) is 5.11 Å². The summed E-state index contributed by atoms with van der Waals surface area (Å²) < 4.78 is 1.65. The quantitative estimate of drug-likeness (QED) is 0.873. The minimum absolute atomic E-state index is 0.0368. The van der Waals surface area contributed by atoms with Crippen molar-refractivity contribution in [3.8, 4) is 0 Å². The lowest BCUT2D eigenvalue weighted by Crippen LogP contribution is -2.05. The van der Waals surface area contributed by atoms with E-state index < -0.39 is 5.97 Å². The van der Waals surface area contributed by atoms with Crippen LogP contribution in [0.4, 0.5) is 0 Å². The van der Waals surface area contributed by atoms with Crippen LogP contribution in [0.25, 0.3) is 0 Å². The number of carbonyl (C=O) groups is 1. The minimum atomic E-state index is -1.03. The normalized spacial score (nSPS) is 10.5. The van der Waals surface area contributed by atoms with Crippen LogP contribution in [0.5, 0.6) is 0 Å². The molecule has 0 spiro atoms. The molecule has 5 nitrogen and oxygen atoms in total. The molecule has 18 heavy (non-hydrogen) atoms. The lowest BCUT2D eigenvalue weighted by molar-refractivity contribution is 0.0689. The second-order valence-corrected chi connectivity index (χ2v) is 4.14. The Bertz CT molecular complexity index is 534. The molecule has 94 valence electrons. The van der Waals surface area contributed by atoms with E-state index in [0.29, 0.717) is 12.2 Å². The number of hydrogen-bond acceptors (Lipinski definition) is 3. The summed E-state index contributed by atoms with van der Waals surface area (Å²) in [5.74, 6) is -1.03. The van der Waals surface area contributed by atoms with Crippen LogP contribution >= 0.6 is 0 Å². The molecule has 2 aromatic rings. The molecule has 0 aliphatic carbocycles. The molecule has 1 aromatic carbocycles. The van der Waals surface area contributed by atoms with Gasteiger partial charge in [-0.05, 0) is 25.3 Å². The molecule has 0 unspecified atom stereocenters. The predicted molar refractivity (Wildman–Crippen MR) is 66.5 cm³/mol. The Labute approximate surface area is 105 Å². The number of hydrogen-bond donors (Lipinski definition) is 1. The van der Waals surface area contributed by atoms with Crippen LogP contribution in [-0.2, 0) is 13.0 Å². The van der Waals surface area contributed by atoms with Crippen molar-refractivity contribution in [2.75, 3.05) is 0 Å². The number of carboxylic acid groups (broad SMARTS) is 1. The number of carboxylic acids is 1. The number of rotatable bonds is 5. The van der Waals surface area contributed by atoms with E-state index in [-0.39, 0.29) is 5.69 Å². The maximum Gasteiger partial charge on any atom is 0.358 e. The van der Waals surface area contributed by atoms with Crippen LogP contribution in [-0.4, -0.2) is 26.1 Å². The van der Waals surface area contributed by atoms with E-state index in [1.165, 1.54) is 5.56 Å². The zero-order chi connectivity index (χ0) is 13.0. The Morgan fingerprint density at radius 3 is 2.67 bits per heavy atom. The standard InChI is InChI=1S/C13H15N3O2/c1-10-12(13(17)18)14-15-16(10)9-5-8-11-6-3-2-4-7-11/h2-4,6-7H,5,8-9H2,1H3,(H,17,18). The van der Waals surface area contributed by atoms with Gasteiger partial charge in [0.25, 0.3) is 0 Å². The van der Waals surface area contributed by atoms with Crippen LogP contribution in [0, 0.1) is 6.92 Å². The second-order valence-electron chi connectivity index (χ2n) is 4.14. The van der Waals surface area contributed by atoms with Gasteiger partial charge in [0.2, 0.25) is 0 Å². The van der Waals surface area contributed by atoms with Crippen molar-refractivity contribution in [3.05, 3.63) is 47.3 Å². The van der Waals surface area contributed by atoms with Crippen LogP contribution in [0.1, 0.15) is 28.2 Å². The van der Waals surface area contributed by atoms with Crippen molar-refractivity contribution in [2.45, 2.75) is 26.3 Å². The van der Waals surface area contributed by atoms with Gasteiger partial charge in [0.05, 0.1) is 5.69 Å². The first-order chi connectivity index (χ1) is 8.68. The Hall–Kier alpha value is -2.17. The van der Waals surface area contributed by atoms with Crippen molar-refractivity contribution in [3.63, 3.8) is 0 Å². The van der Waals surface area contributed by atoms with Crippen molar-refractivity contribution < 1.29 is 9.90 Å². The predicted octanol–water partition coefficient (Wildman–Crippen LogP) is 1.92. The highest BCUT2D eigenvalue weighted by molar-refractivity contribution is 5.86. The molecule has 0 saturated heterocycles. The summed E-state index contributed by atoms with van der Waals surface area (Å²) in [6, 6.07) is 10.2. The molecule has 0 fully saturated rings. The summed E-state index contributed by atoms with van der Waals surface area (Å²) in [6.07, 6.45) is 1.86. The van der Waals surface area contributed by atoms with Gasteiger partial charge in [-0.2, -0.15) is 0 Å². The summed E-state index contributed by atoms with van der Waals surface area (Å²) >= 11 is 0. The summed E-state index contributed by atoms with van der Waals surface area (Å²) in [6.45, 7) is 2.41.